The predicted octanol–water partition coefficient (Wildman–Crippen LogP) is 2.92. The van der Waals surface area contributed by atoms with Gasteiger partial charge in [-0.05, 0) is 37.8 Å². The van der Waals surface area contributed by atoms with Crippen LogP contribution in [0.25, 0.3) is 0 Å². The number of hydrogen-bond acceptors (Lipinski definition) is 6. The highest BCUT2D eigenvalue weighted by Crippen LogP contribution is 2.19. The second-order valence-corrected chi connectivity index (χ2v) is 6.58. The van der Waals surface area contributed by atoms with Crippen LogP contribution in [-0.2, 0) is 25.5 Å². The molecule has 0 aromatic heterocycles. The van der Waals surface area contributed by atoms with Crippen LogP contribution in [0.4, 0.5) is 10.5 Å². The fraction of sp³-hybridized carbons (Fsp3) is 0.591. The monoisotopic (exact) mass is 421 g/mol. The number of carbonyl (C=O) groups is 3. The number of benzene rings is 1. The minimum atomic E-state index is -0.556. The fourth-order valence-electron chi connectivity index (χ4n) is 3.35. The molecule has 0 unspecified atom stereocenters. The molecule has 1 N–H and O–H groups in total. The summed E-state index contributed by atoms with van der Waals surface area (Å²) in [4.78, 5) is 38.3. The van der Waals surface area contributed by atoms with Gasteiger partial charge in [-0.1, -0.05) is 32.0 Å². The van der Waals surface area contributed by atoms with Crippen molar-refractivity contribution in [3.63, 3.8) is 0 Å². The van der Waals surface area contributed by atoms with Crippen molar-refractivity contribution in [1.82, 2.24) is 9.80 Å². The number of carbonyl (C=O) groups excluding carboxylic acids is 3. The maximum Gasteiger partial charge on any atom is 0.410 e. The van der Waals surface area contributed by atoms with Crippen LogP contribution in [0.3, 0.4) is 0 Å². The maximum atomic E-state index is 12.0. The third-order valence-electron chi connectivity index (χ3n) is 4.87. The van der Waals surface area contributed by atoms with Gasteiger partial charge in [0, 0.05) is 38.4 Å². The number of nitrogens with one attached hydrogen (secondary N) is 1. The quantitative estimate of drug-likeness (QED) is 0.487. The molecule has 2 rings (SSSR count). The molecule has 1 aliphatic heterocycles. The molecule has 8 nitrogen and oxygen atoms in total. The first-order valence-corrected chi connectivity index (χ1v) is 10.6. The Balaban J connectivity index is 0.00000218. The lowest BCUT2D eigenvalue weighted by Gasteiger charge is -2.36. The van der Waals surface area contributed by atoms with Crippen molar-refractivity contribution < 1.29 is 23.9 Å². The first kappa shape index (κ1) is 25.3. The molecule has 8 heteroatoms. The minimum absolute atomic E-state index is 0.0911. The van der Waals surface area contributed by atoms with E-state index in [4.69, 9.17) is 9.47 Å². The summed E-state index contributed by atoms with van der Waals surface area (Å²) in [5.41, 5.74) is 2.23. The Bertz CT molecular complexity index is 660. The summed E-state index contributed by atoms with van der Waals surface area (Å²) in [6.45, 7) is 7.17. The van der Waals surface area contributed by atoms with Crippen molar-refractivity contribution in [2.45, 2.75) is 46.1 Å². The Morgan fingerprint density at radius 1 is 1.20 bits per heavy atom. The standard InChI is InChI=1S/C20H29N3O5.C2H6/c1-3-27-19(25)14-28-20(26)22-12-9-17(10-13-22)23(15-24)11-8-16-6-4-5-7-18(16)21-2;1-2/h4-7,15,17,21H,3,8-14H2,1-2H3;1-2H3. The maximum absolute atomic E-state index is 12.0. The van der Waals surface area contributed by atoms with Crippen molar-refractivity contribution in [3.8, 4) is 0 Å². The molecule has 0 atom stereocenters. The van der Waals surface area contributed by atoms with E-state index in [-0.39, 0.29) is 19.3 Å². The van der Waals surface area contributed by atoms with Crippen molar-refractivity contribution in [2.24, 2.45) is 0 Å². The number of esters is 1. The van der Waals surface area contributed by atoms with E-state index < -0.39 is 12.1 Å². The fourth-order valence-corrected chi connectivity index (χ4v) is 3.35. The summed E-state index contributed by atoms with van der Waals surface area (Å²) in [6, 6.07) is 8.12. The van der Waals surface area contributed by atoms with Crippen molar-refractivity contribution in [3.05, 3.63) is 29.8 Å². The number of para-hydroxylation sites is 1. The molecule has 1 fully saturated rings. The average molecular weight is 422 g/mol. The molecule has 0 radical (unpaired) electrons. The Morgan fingerprint density at radius 3 is 2.47 bits per heavy atom. The SMILES string of the molecule is CC.CCOC(=O)COC(=O)N1CCC(N(C=O)CCc2ccccc2NC)CC1. The van der Waals surface area contributed by atoms with Crippen molar-refractivity contribution >= 4 is 24.2 Å². The first-order valence-electron chi connectivity index (χ1n) is 10.6. The highest BCUT2D eigenvalue weighted by atomic mass is 16.6. The van der Waals surface area contributed by atoms with Crippen LogP contribution in [0, 0.1) is 0 Å². The van der Waals surface area contributed by atoms with Gasteiger partial charge in [0.05, 0.1) is 6.61 Å². The van der Waals surface area contributed by atoms with Crippen molar-refractivity contribution in [1.29, 1.82) is 0 Å². The van der Waals surface area contributed by atoms with Crippen LogP contribution in [0.15, 0.2) is 24.3 Å². The normalized spacial score (nSPS) is 13.5. The zero-order valence-corrected chi connectivity index (χ0v) is 18.6. The van der Waals surface area contributed by atoms with E-state index in [1.54, 1.807) is 11.8 Å². The van der Waals surface area contributed by atoms with E-state index in [1.165, 1.54) is 0 Å². The molecule has 2 amide bonds. The minimum Gasteiger partial charge on any atom is -0.463 e. The summed E-state index contributed by atoms with van der Waals surface area (Å²) in [6.07, 6.45) is 2.49. The zero-order valence-electron chi connectivity index (χ0n) is 18.6. The summed E-state index contributed by atoms with van der Waals surface area (Å²) < 4.78 is 9.71. The van der Waals surface area contributed by atoms with Crippen LogP contribution < -0.4 is 5.32 Å². The topological polar surface area (TPSA) is 88.2 Å². The van der Waals surface area contributed by atoms with Crippen LogP contribution in [0.5, 0.6) is 0 Å². The number of ether oxygens (including phenoxy) is 2. The number of amides is 2. The number of nitrogens with zero attached hydrogens (tertiary/aromatic N) is 2. The molecular formula is C22H35N3O5. The van der Waals surface area contributed by atoms with Crippen LogP contribution in [-0.4, -0.2) is 74.2 Å². The van der Waals surface area contributed by atoms with E-state index in [0.717, 1.165) is 24.1 Å². The summed E-state index contributed by atoms with van der Waals surface area (Å²) in [5.74, 6) is -0.556. The van der Waals surface area contributed by atoms with E-state index in [2.05, 4.69) is 11.4 Å². The third-order valence-corrected chi connectivity index (χ3v) is 4.87. The molecule has 30 heavy (non-hydrogen) atoms. The number of rotatable bonds is 9. The lowest BCUT2D eigenvalue weighted by molar-refractivity contribution is -0.146. The van der Waals surface area contributed by atoms with Gasteiger partial charge >= 0.3 is 12.1 Å². The van der Waals surface area contributed by atoms with Gasteiger partial charge in [-0.2, -0.15) is 0 Å². The van der Waals surface area contributed by atoms with Gasteiger partial charge < -0.3 is 24.6 Å². The summed E-state index contributed by atoms with van der Waals surface area (Å²) in [7, 11) is 1.88. The molecule has 0 aliphatic carbocycles. The van der Waals surface area contributed by atoms with Gasteiger partial charge in [0.1, 0.15) is 0 Å². The van der Waals surface area contributed by atoms with Gasteiger partial charge in [0.15, 0.2) is 6.61 Å². The second kappa shape index (κ2) is 14.3. The number of anilines is 1. The summed E-state index contributed by atoms with van der Waals surface area (Å²) >= 11 is 0. The second-order valence-electron chi connectivity index (χ2n) is 6.58. The van der Waals surface area contributed by atoms with E-state index in [1.807, 2.05) is 44.0 Å². The predicted molar refractivity (Wildman–Crippen MR) is 116 cm³/mol. The Hall–Kier alpha value is -2.77. The average Bonchev–Trinajstić information content (AvgIpc) is 2.80. The zero-order chi connectivity index (χ0) is 22.4. The number of likely N-dealkylation sites (tertiary alicyclic amines) is 1. The Labute approximate surface area is 179 Å². The molecular weight excluding hydrogens is 386 g/mol. The van der Waals surface area contributed by atoms with Crippen molar-refractivity contribution in [2.75, 3.05) is 45.2 Å². The van der Waals surface area contributed by atoms with Gasteiger partial charge in [-0.15, -0.1) is 0 Å². The lowest BCUT2D eigenvalue weighted by Crippen LogP contribution is -2.47. The van der Waals surface area contributed by atoms with Crippen LogP contribution >= 0.6 is 0 Å². The molecule has 1 aliphatic rings. The van der Waals surface area contributed by atoms with Gasteiger partial charge in [0.25, 0.3) is 0 Å². The van der Waals surface area contributed by atoms with E-state index in [0.29, 0.717) is 32.5 Å². The molecule has 1 aromatic rings. The van der Waals surface area contributed by atoms with E-state index >= 15 is 0 Å². The molecule has 0 bridgehead atoms. The summed E-state index contributed by atoms with van der Waals surface area (Å²) in [5, 5.41) is 3.17. The first-order chi connectivity index (χ1) is 14.6. The largest absolute Gasteiger partial charge is 0.463 e. The van der Waals surface area contributed by atoms with Crippen LogP contribution in [0.1, 0.15) is 39.2 Å². The van der Waals surface area contributed by atoms with Gasteiger partial charge in [-0.3, -0.25) is 4.79 Å². The molecule has 0 saturated carbocycles. The van der Waals surface area contributed by atoms with Gasteiger partial charge in [-0.25, -0.2) is 9.59 Å². The molecule has 0 spiro atoms. The third kappa shape index (κ3) is 7.93. The molecule has 1 aromatic carbocycles. The smallest absolute Gasteiger partial charge is 0.410 e. The molecule has 1 heterocycles. The highest BCUT2D eigenvalue weighted by molar-refractivity contribution is 5.75. The van der Waals surface area contributed by atoms with Gasteiger partial charge in [0.2, 0.25) is 6.41 Å². The Kier molecular flexibility index (Phi) is 12.0. The number of hydrogen-bond donors (Lipinski definition) is 1. The number of piperidine rings is 1. The van der Waals surface area contributed by atoms with Crippen LogP contribution in [0.2, 0.25) is 0 Å². The Morgan fingerprint density at radius 2 is 1.87 bits per heavy atom. The lowest BCUT2D eigenvalue weighted by atomic mass is 10.0. The molecule has 1 saturated heterocycles. The molecule has 168 valence electrons. The highest BCUT2D eigenvalue weighted by Gasteiger charge is 2.27. The van der Waals surface area contributed by atoms with E-state index in [9.17, 15) is 14.4 Å².